The molecule has 0 aromatic carbocycles. The molecular weight excluding hydrogens is 202 g/mol. The van der Waals surface area contributed by atoms with E-state index < -0.39 is 0 Å². The van der Waals surface area contributed by atoms with Crippen LogP contribution in [0.1, 0.15) is 12.1 Å². The number of ether oxygens (including phenoxy) is 1. The van der Waals surface area contributed by atoms with Crippen LogP contribution in [0.25, 0.3) is 0 Å². The largest absolute Gasteiger partial charge is 0.384 e. The molecule has 1 aromatic rings. The Hall–Kier alpha value is -1.13. The molecule has 0 saturated carbocycles. The number of rotatable bonds is 4. The highest BCUT2D eigenvalue weighted by atomic mass is 16.5. The van der Waals surface area contributed by atoms with Crippen LogP contribution in [0.5, 0.6) is 0 Å². The van der Waals surface area contributed by atoms with E-state index >= 15 is 0 Å². The molecule has 1 atom stereocenters. The van der Waals surface area contributed by atoms with E-state index in [0.29, 0.717) is 12.5 Å². The summed E-state index contributed by atoms with van der Waals surface area (Å²) in [7, 11) is 1.77. The first-order valence-corrected chi connectivity index (χ1v) is 5.72. The minimum Gasteiger partial charge on any atom is -0.384 e. The summed E-state index contributed by atoms with van der Waals surface area (Å²) >= 11 is 0. The normalized spacial score (nSPS) is 20.4. The first-order chi connectivity index (χ1) is 7.83. The number of hydrogen-bond donors (Lipinski definition) is 1. The third-order valence-electron chi connectivity index (χ3n) is 3.06. The van der Waals surface area contributed by atoms with Crippen molar-refractivity contribution >= 4 is 5.69 Å². The summed E-state index contributed by atoms with van der Waals surface area (Å²) in [6.07, 6.45) is 3.04. The Kier molecular flexibility index (Phi) is 3.74. The highest BCUT2D eigenvalue weighted by molar-refractivity contribution is 5.47. The zero-order valence-corrected chi connectivity index (χ0v) is 9.72. The first kappa shape index (κ1) is 11.4. The zero-order chi connectivity index (χ0) is 11.4. The maximum absolute atomic E-state index is 5.59. The van der Waals surface area contributed by atoms with Gasteiger partial charge in [0.1, 0.15) is 0 Å². The number of hydrogen-bond acceptors (Lipinski definition) is 4. The van der Waals surface area contributed by atoms with Crippen LogP contribution in [0, 0.1) is 5.92 Å². The lowest BCUT2D eigenvalue weighted by atomic mass is 10.1. The van der Waals surface area contributed by atoms with Gasteiger partial charge in [0.05, 0.1) is 12.3 Å². The van der Waals surface area contributed by atoms with E-state index in [1.807, 2.05) is 12.3 Å². The summed E-state index contributed by atoms with van der Waals surface area (Å²) in [6, 6.07) is 4.13. The van der Waals surface area contributed by atoms with E-state index in [2.05, 4.69) is 16.0 Å². The molecule has 4 nitrogen and oxygen atoms in total. The average molecular weight is 221 g/mol. The van der Waals surface area contributed by atoms with Gasteiger partial charge in [0.25, 0.3) is 0 Å². The van der Waals surface area contributed by atoms with Gasteiger partial charge in [0, 0.05) is 44.5 Å². The molecule has 1 saturated heterocycles. The summed E-state index contributed by atoms with van der Waals surface area (Å²) < 4.78 is 5.20. The number of nitrogens with zero attached hydrogens (tertiary/aromatic N) is 2. The van der Waals surface area contributed by atoms with Gasteiger partial charge >= 0.3 is 0 Å². The molecular formula is C12H19N3O. The predicted octanol–water partition coefficient (Wildman–Crippen LogP) is 1.01. The minimum atomic E-state index is 0.503. The van der Waals surface area contributed by atoms with E-state index in [-0.39, 0.29) is 0 Å². The van der Waals surface area contributed by atoms with Gasteiger partial charge < -0.3 is 15.4 Å². The second-order valence-electron chi connectivity index (χ2n) is 4.27. The Labute approximate surface area is 96.4 Å². The monoisotopic (exact) mass is 221 g/mol. The SMILES string of the molecule is COCC1CCN(c2ccnc(CN)c2)C1. The molecule has 0 aliphatic carbocycles. The lowest BCUT2D eigenvalue weighted by Crippen LogP contribution is -2.21. The Bertz CT molecular complexity index is 343. The van der Waals surface area contributed by atoms with Crippen LogP contribution in [-0.2, 0) is 11.3 Å². The molecule has 0 amide bonds. The zero-order valence-electron chi connectivity index (χ0n) is 9.72. The smallest absolute Gasteiger partial charge is 0.0560 e. The van der Waals surface area contributed by atoms with Crippen LogP contribution in [0.4, 0.5) is 5.69 Å². The van der Waals surface area contributed by atoms with Crippen molar-refractivity contribution in [1.29, 1.82) is 0 Å². The van der Waals surface area contributed by atoms with Crippen LogP contribution in [0.3, 0.4) is 0 Å². The molecule has 1 unspecified atom stereocenters. The number of methoxy groups -OCH3 is 1. The molecule has 2 heterocycles. The van der Waals surface area contributed by atoms with E-state index in [9.17, 15) is 0 Å². The molecule has 1 fully saturated rings. The fraction of sp³-hybridized carbons (Fsp3) is 0.583. The Morgan fingerprint density at radius 1 is 1.62 bits per heavy atom. The van der Waals surface area contributed by atoms with E-state index in [0.717, 1.165) is 25.4 Å². The number of aromatic nitrogens is 1. The first-order valence-electron chi connectivity index (χ1n) is 5.72. The van der Waals surface area contributed by atoms with Crippen LogP contribution in [-0.4, -0.2) is 31.8 Å². The van der Waals surface area contributed by atoms with Crippen molar-refractivity contribution in [2.24, 2.45) is 11.7 Å². The molecule has 1 aliphatic rings. The fourth-order valence-corrected chi connectivity index (χ4v) is 2.21. The second kappa shape index (κ2) is 5.27. The van der Waals surface area contributed by atoms with Crippen molar-refractivity contribution in [3.8, 4) is 0 Å². The molecule has 2 N–H and O–H groups in total. The van der Waals surface area contributed by atoms with E-state index in [1.165, 1.54) is 12.1 Å². The highest BCUT2D eigenvalue weighted by Gasteiger charge is 2.22. The third-order valence-corrected chi connectivity index (χ3v) is 3.06. The Morgan fingerprint density at radius 2 is 2.50 bits per heavy atom. The molecule has 16 heavy (non-hydrogen) atoms. The summed E-state index contributed by atoms with van der Waals surface area (Å²) in [5.41, 5.74) is 7.77. The van der Waals surface area contributed by atoms with Crippen LogP contribution >= 0.6 is 0 Å². The molecule has 1 aliphatic heterocycles. The van der Waals surface area contributed by atoms with E-state index in [1.54, 1.807) is 7.11 Å². The van der Waals surface area contributed by atoms with Gasteiger partial charge in [-0.05, 0) is 18.6 Å². The van der Waals surface area contributed by atoms with Gasteiger partial charge in [-0.1, -0.05) is 0 Å². The molecule has 2 rings (SSSR count). The van der Waals surface area contributed by atoms with Crippen LogP contribution in [0.2, 0.25) is 0 Å². The third kappa shape index (κ3) is 2.51. The Morgan fingerprint density at radius 3 is 3.25 bits per heavy atom. The number of nitrogens with two attached hydrogens (primary N) is 1. The summed E-state index contributed by atoms with van der Waals surface area (Å²) in [4.78, 5) is 6.59. The van der Waals surface area contributed by atoms with Gasteiger partial charge in [0.15, 0.2) is 0 Å². The number of anilines is 1. The van der Waals surface area contributed by atoms with Crippen molar-refractivity contribution in [3.05, 3.63) is 24.0 Å². The summed E-state index contributed by atoms with van der Waals surface area (Å²) in [5, 5.41) is 0. The van der Waals surface area contributed by atoms with Gasteiger partial charge in [0.2, 0.25) is 0 Å². The molecule has 4 heteroatoms. The fourth-order valence-electron chi connectivity index (χ4n) is 2.21. The topological polar surface area (TPSA) is 51.4 Å². The number of pyridine rings is 1. The van der Waals surface area contributed by atoms with Gasteiger partial charge in [-0.25, -0.2) is 0 Å². The van der Waals surface area contributed by atoms with Gasteiger partial charge in [-0.2, -0.15) is 0 Å². The maximum atomic E-state index is 5.59. The maximum Gasteiger partial charge on any atom is 0.0560 e. The van der Waals surface area contributed by atoms with Crippen LogP contribution in [0.15, 0.2) is 18.3 Å². The summed E-state index contributed by atoms with van der Waals surface area (Å²) in [6.45, 7) is 3.53. The van der Waals surface area contributed by atoms with Crippen LogP contribution < -0.4 is 10.6 Å². The quantitative estimate of drug-likeness (QED) is 0.824. The minimum absolute atomic E-state index is 0.503. The lowest BCUT2D eigenvalue weighted by molar-refractivity contribution is 0.161. The molecule has 1 aromatic heterocycles. The molecule has 0 bridgehead atoms. The van der Waals surface area contributed by atoms with Crippen molar-refractivity contribution in [2.45, 2.75) is 13.0 Å². The van der Waals surface area contributed by atoms with Crippen molar-refractivity contribution < 1.29 is 4.74 Å². The highest BCUT2D eigenvalue weighted by Crippen LogP contribution is 2.23. The van der Waals surface area contributed by atoms with Gasteiger partial charge in [-0.3, -0.25) is 4.98 Å². The second-order valence-corrected chi connectivity index (χ2v) is 4.27. The lowest BCUT2D eigenvalue weighted by Gasteiger charge is -2.19. The molecule has 88 valence electrons. The van der Waals surface area contributed by atoms with Crippen molar-refractivity contribution in [2.75, 3.05) is 31.7 Å². The van der Waals surface area contributed by atoms with E-state index in [4.69, 9.17) is 10.5 Å². The standard InChI is InChI=1S/C12H19N3O/c1-16-9-10-3-5-15(8-10)12-2-4-14-11(6-12)7-13/h2,4,6,10H,3,5,7-9,13H2,1H3. The van der Waals surface area contributed by atoms with Gasteiger partial charge in [-0.15, -0.1) is 0 Å². The molecule has 0 spiro atoms. The predicted molar refractivity (Wildman–Crippen MR) is 64.3 cm³/mol. The summed E-state index contributed by atoms with van der Waals surface area (Å²) in [5.74, 6) is 0.652. The van der Waals surface area contributed by atoms with Crippen molar-refractivity contribution in [3.63, 3.8) is 0 Å². The Balaban J connectivity index is 2.02. The molecule has 0 radical (unpaired) electrons. The average Bonchev–Trinajstić information content (AvgIpc) is 2.78. The van der Waals surface area contributed by atoms with Crippen molar-refractivity contribution in [1.82, 2.24) is 4.98 Å².